The molecule has 1 N–H and O–H groups in total. The monoisotopic (exact) mass is 323 g/mol. The summed E-state index contributed by atoms with van der Waals surface area (Å²) in [5, 5.41) is 9.52. The van der Waals surface area contributed by atoms with E-state index in [0.29, 0.717) is 24.1 Å². The number of fused-ring (bicyclic) bond motifs is 1. The Morgan fingerprint density at radius 2 is 1.95 bits per heavy atom. The van der Waals surface area contributed by atoms with Gasteiger partial charge in [0.15, 0.2) is 0 Å². The third kappa shape index (κ3) is 2.21. The van der Waals surface area contributed by atoms with Crippen LogP contribution in [0.1, 0.15) is 40.0 Å². The number of halogens is 1. The fraction of sp³-hybridized carbons (Fsp3) is 0.429. The van der Waals surface area contributed by atoms with Crippen molar-refractivity contribution in [3.05, 3.63) is 33.8 Å². The Morgan fingerprint density at radius 1 is 1.21 bits per heavy atom. The lowest BCUT2D eigenvalue weighted by Crippen LogP contribution is -2.34. The number of amides is 2. The summed E-state index contributed by atoms with van der Waals surface area (Å²) in [6.07, 6.45) is 2.03. The molecule has 1 aromatic rings. The topological polar surface area (TPSA) is 57.6 Å². The third-order valence-electron chi connectivity index (χ3n) is 3.89. The van der Waals surface area contributed by atoms with Crippen molar-refractivity contribution >= 4 is 27.7 Å². The normalized spacial score (nSPS) is 26.1. The van der Waals surface area contributed by atoms with Crippen LogP contribution >= 0.6 is 15.9 Å². The maximum absolute atomic E-state index is 12.3. The molecule has 1 aliphatic carbocycles. The van der Waals surface area contributed by atoms with Crippen LogP contribution in [0.2, 0.25) is 0 Å². The first-order valence-corrected chi connectivity index (χ1v) is 7.19. The summed E-state index contributed by atoms with van der Waals surface area (Å²) in [6, 6.07) is 5.15. The predicted molar refractivity (Wildman–Crippen MR) is 72.9 cm³/mol. The second kappa shape index (κ2) is 4.72. The van der Waals surface area contributed by atoms with Crippen molar-refractivity contribution in [2.75, 3.05) is 6.54 Å². The molecule has 4 nitrogen and oxygen atoms in total. The van der Waals surface area contributed by atoms with Crippen LogP contribution in [0.25, 0.3) is 0 Å². The molecule has 2 atom stereocenters. The first-order chi connectivity index (χ1) is 9.06. The molecule has 2 unspecified atom stereocenters. The number of rotatable bonds is 2. The maximum atomic E-state index is 12.3. The Labute approximate surface area is 119 Å². The quantitative estimate of drug-likeness (QED) is 0.849. The van der Waals surface area contributed by atoms with Gasteiger partial charge in [-0.1, -0.05) is 15.9 Å². The van der Waals surface area contributed by atoms with E-state index in [1.165, 1.54) is 4.90 Å². The van der Waals surface area contributed by atoms with Crippen LogP contribution in [0.5, 0.6) is 0 Å². The number of carbonyl (C=O) groups excluding carboxylic acids is 2. The standard InChI is InChI=1S/C14H14BrNO3/c15-9-2-4-11-12(6-9)14(19)16(13(11)18)7-8-1-3-10(17)5-8/h2,4,6,8,10,17H,1,3,5,7H2. The van der Waals surface area contributed by atoms with Gasteiger partial charge in [-0.15, -0.1) is 0 Å². The van der Waals surface area contributed by atoms with E-state index in [0.717, 1.165) is 17.3 Å². The van der Waals surface area contributed by atoms with Crippen molar-refractivity contribution < 1.29 is 14.7 Å². The lowest BCUT2D eigenvalue weighted by molar-refractivity contribution is 0.0624. The van der Waals surface area contributed by atoms with Gasteiger partial charge in [0.25, 0.3) is 11.8 Å². The van der Waals surface area contributed by atoms with Gasteiger partial charge in [0, 0.05) is 11.0 Å². The van der Waals surface area contributed by atoms with E-state index >= 15 is 0 Å². The lowest BCUT2D eigenvalue weighted by atomic mass is 10.1. The molecule has 19 heavy (non-hydrogen) atoms. The zero-order valence-corrected chi connectivity index (χ0v) is 11.9. The van der Waals surface area contributed by atoms with E-state index < -0.39 is 0 Å². The van der Waals surface area contributed by atoms with E-state index in [2.05, 4.69) is 15.9 Å². The van der Waals surface area contributed by atoms with Crippen molar-refractivity contribution in [3.8, 4) is 0 Å². The number of nitrogens with zero attached hydrogens (tertiary/aromatic N) is 1. The van der Waals surface area contributed by atoms with Gasteiger partial charge in [-0.2, -0.15) is 0 Å². The molecule has 5 heteroatoms. The van der Waals surface area contributed by atoms with Gasteiger partial charge in [-0.25, -0.2) is 0 Å². The molecule has 3 rings (SSSR count). The zero-order chi connectivity index (χ0) is 13.6. The van der Waals surface area contributed by atoms with E-state index in [1.54, 1.807) is 18.2 Å². The molecule has 1 fully saturated rings. The fourth-order valence-corrected chi connectivity index (χ4v) is 3.26. The summed E-state index contributed by atoms with van der Waals surface area (Å²) in [4.78, 5) is 25.8. The van der Waals surface area contributed by atoms with Gasteiger partial charge in [-0.05, 0) is 43.4 Å². The van der Waals surface area contributed by atoms with E-state index in [4.69, 9.17) is 0 Å². The second-order valence-corrected chi connectivity index (χ2v) is 6.16. The molecule has 0 spiro atoms. The van der Waals surface area contributed by atoms with Crippen LogP contribution in [0.15, 0.2) is 22.7 Å². The highest BCUT2D eigenvalue weighted by atomic mass is 79.9. The Bertz CT molecular complexity index is 558. The van der Waals surface area contributed by atoms with Gasteiger partial charge < -0.3 is 5.11 Å². The first-order valence-electron chi connectivity index (χ1n) is 6.40. The molecule has 1 aliphatic heterocycles. The number of hydrogen-bond acceptors (Lipinski definition) is 3. The molecule has 2 aliphatic rings. The summed E-state index contributed by atoms with van der Waals surface area (Å²) in [5.74, 6) is -0.211. The Morgan fingerprint density at radius 3 is 2.63 bits per heavy atom. The van der Waals surface area contributed by atoms with Crippen molar-refractivity contribution in [3.63, 3.8) is 0 Å². The summed E-state index contributed by atoms with van der Waals surface area (Å²) in [7, 11) is 0. The first kappa shape index (κ1) is 12.8. The van der Waals surface area contributed by atoms with Crippen molar-refractivity contribution in [2.24, 2.45) is 5.92 Å². The van der Waals surface area contributed by atoms with Gasteiger partial charge in [0.2, 0.25) is 0 Å². The molecule has 0 bridgehead atoms. The number of aliphatic hydroxyl groups is 1. The average molecular weight is 324 g/mol. The molecule has 2 amide bonds. The maximum Gasteiger partial charge on any atom is 0.261 e. The van der Waals surface area contributed by atoms with Gasteiger partial charge >= 0.3 is 0 Å². The highest BCUT2D eigenvalue weighted by Gasteiger charge is 2.37. The molecular weight excluding hydrogens is 310 g/mol. The van der Waals surface area contributed by atoms with Gasteiger partial charge in [0.1, 0.15) is 0 Å². The molecule has 1 saturated carbocycles. The minimum atomic E-state index is -0.283. The Hall–Kier alpha value is -1.20. The summed E-state index contributed by atoms with van der Waals surface area (Å²) >= 11 is 3.31. The highest BCUT2D eigenvalue weighted by molar-refractivity contribution is 9.10. The number of hydrogen-bond donors (Lipinski definition) is 1. The van der Waals surface area contributed by atoms with Gasteiger partial charge in [0.05, 0.1) is 17.2 Å². The second-order valence-electron chi connectivity index (χ2n) is 5.24. The molecule has 0 radical (unpaired) electrons. The number of aliphatic hydroxyl groups excluding tert-OH is 1. The summed E-state index contributed by atoms with van der Waals surface area (Å²) in [5.41, 5.74) is 0.949. The minimum Gasteiger partial charge on any atom is -0.393 e. The largest absolute Gasteiger partial charge is 0.393 e. The lowest BCUT2D eigenvalue weighted by Gasteiger charge is -2.18. The molecule has 0 aromatic heterocycles. The number of carbonyl (C=O) groups is 2. The van der Waals surface area contributed by atoms with Crippen molar-refractivity contribution in [1.29, 1.82) is 0 Å². The summed E-state index contributed by atoms with van der Waals surface area (Å²) < 4.78 is 0.797. The fourth-order valence-electron chi connectivity index (χ4n) is 2.90. The van der Waals surface area contributed by atoms with Gasteiger partial charge in [-0.3, -0.25) is 14.5 Å². The average Bonchev–Trinajstić information content (AvgIpc) is 2.88. The van der Waals surface area contributed by atoms with E-state index in [-0.39, 0.29) is 23.8 Å². The highest BCUT2D eigenvalue weighted by Crippen LogP contribution is 2.31. The van der Waals surface area contributed by atoms with Crippen LogP contribution in [-0.2, 0) is 0 Å². The van der Waals surface area contributed by atoms with Crippen LogP contribution in [0, 0.1) is 5.92 Å². The number of benzene rings is 1. The molecule has 100 valence electrons. The zero-order valence-electron chi connectivity index (χ0n) is 10.3. The van der Waals surface area contributed by atoms with Crippen molar-refractivity contribution in [2.45, 2.75) is 25.4 Å². The Kier molecular flexibility index (Phi) is 3.19. The summed E-state index contributed by atoms with van der Waals surface area (Å²) in [6.45, 7) is 0.418. The third-order valence-corrected chi connectivity index (χ3v) is 4.38. The van der Waals surface area contributed by atoms with Crippen LogP contribution < -0.4 is 0 Å². The molecular formula is C14H14BrNO3. The van der Waals surface area contributed by atoms with Crippen LogP contribution in [0.4, 0.5) is 0 Å². The van der Waals surface area contributed by atoms with E-state index in [1.807, 2.05) is 0 Å². The molecule has 1 heterocycles. The van der Waals surface area contributed by atoms with Crippen LogP contribution in [0.3, 0.4) is 0 Å². The molecule has 0 saturated heterocycles. The van der Waals surface area contributed by atoms with Crippen LogP contribution in [-0.4, -0.2) is 34.5 Å². The van der Waals surface area contributed by atoms with Crippen molar-refractivity contribution in [1.82, 2.24) is 4.90 Å². The molecule has 1 aromatic carbocycles. The predicted octanol–water partition coefficient (Wildman–Crippen LogP) is 2.21. The minimum absolute atomic E-state index is 0.214. The Balaban J connectivity index is 1.82. The van der Waals surface area contributed by atoms with E-state index in [9.17, 15) is 14.7 Å². The SMILES string of the molecule is O=C1c2ccc(Br)cc2C(=O)N1CC1CCC(O)C1. The smallest absolute Gasteiger partial charge is 0.261 e. The number of imide groups is 1.